The summed E-state index contributed by atoms with van der Waals surface area (Å²) >= 11 is 6.96. The van der Waals surface area contributed by atoms with E-state index in [-0.39, 0.29) is 5.01 Å². The lowest BCUT2D eigenvalue weighted by molar-refractivity contribution is 0.0696. The molecule has 0 radical (unpaired) electrons. The number of aromatic carboxylic acids is 1. The number of rotatable bonds is 4. The molecule has 0 spiro atoms. The summed E-state index contributed by atoms with van der Waals surface area (Å²) in [4.78, 5) is 14.6. The summed E-state index contributed by atoms with van der Waals surface area (Å²) in [6, 6.07) is 7.31. The van der Waals surface area contributed by atoms with Crippen LogP contribution in [0.25, 0.3) is 0 Å². The third kappa shape index (κ3) is 3.18. The molecule has 0 aliphatic carbocycles. The van der Waals surface area contributed by atoms with Crippen LogP contribution in [0.4, 0.5) is 5.69 Å². The molecule has 88 valence electrons. The van der Waals surface area contributed by atoms with E-state index in [0.29, 0.717) is 17.3 Å². The monoisotopic (exact) mass is 268 g/mol. The quantitative estimate of drug-likeness (QED) is 0.894. The molecule has 1 heterocycles. The lowest BCUT2D eigenvalue weighted by Gasteiger charge is -2.04. The van der Waals surface area contributed by atoms with E-state index in [2.05, 4.69) is 10.3 Å². The predicted molar refractivity (Wildman–Crippen MR) is 67.9 cm³/mol. The van der Waals surface area contributed by atoms with Crippen molar-refractivity contribution < 1.29 is 9.90 Å². The number of thiazole rings is 1. The van der Waals surface area contributed by atoms with Gasteiger partial charge < -0.3 is 10.4 Å². The highest BCUT2D eigenvalue weighted by Crippen LogP contribution is 2.16. The molecule has 6 heteroatoms. The van der Waals surface area contributed by atoms with Gasteiger partial charge in [0.05, 0.1) is 12.2 Å². The Morgan fingerprint density at radius 1 is 1.53 bits per heavy atom. The summed E-state index contributed by atoms with van der Waals surface area (Å²) < 4.78 is 0. The van der Waals surface area contributed by atoms with Crippen LogP contribution < -0.4 is 5.32 Å². The fourth-order valence-corrected chi connectivity index (χ4v) is 2.12. The largest absolute Gasteiger partial charge is 0.476 e. The number of anilines is 1. The Morgan fingerprint density at radius 2 is 2.35 bits per heavy atom. The average molecular weight is 269 g/mol. The first kappa shape index (κ1) is 11.9. The van der Waals surface area contributed by atoms with Crippen molar-refractivity contribution in [3.05, 3.63) is 45.4 Å². The Kier molecular flexibility index (Phi) is 3.61. The van der Waals surface area contributed by atoms with Crippen molar-refractivity contribution in [1.29, 1.82) is 0 Å². The van der Waals surface area contributed by atoms with Gasteiger partial charge in [-0.1, -0.05) is 17.7 Å². The smallest absolute Gasteiger partial charge is 0.365 e. The number of carbonyl (C=O) groups is 1. The van der Waals surface area contributed by atoms with Crippen LogP contribution in [-0.2, 0) is 6.54 Å². The number of carboxylic acid groups (broad SMARTS) is 1. The van der Waals surface area contributed by atoms with E-state index in [9.17, 15) is 4.79 Å². The third-order valence-electron chi connectivity index (χ3n) is 2.03. The maximum absolute atomic E-state index is 10.6. The van der Waals surface area contributed by atoms with Gasteiger partial charge >= 0.3 is 5.97 Å². The van der Waals surface area contributed by atoms with E-state index in [1.807, 2.05) is 12.1 Å². The number of halogens is 1. The summed E-state index contributed by atoms with van der Waals surface area (Å²) in [5.74, 6) is -0.996. The third-order valence-corrected chi connectivity index (χ3v) is 3.15. The molecule has 0 fully saturated rings. The van der Waals surface area contributed by atoms with Crippen LogP contribution >= 0.6 is 22.9 Å². The second-order valence-corrected chi connectivity index (χ2v) is 4.61. The van der Waals surface area contributed by atoms with Gasteiger partial charge in [-0.05, 0) is 18.2 Å². The summed E-state index contributed by atoms with van der Waals surface area (Å²) in [5.41, 5.74) is 1.58. The van der Waals surface area contributed by atoms with Crippen molar-refractivity contribution in [3.8, 4) is 0 Å². The summed E-state index contributed by atoms with van der Waals surface area (Å²) in [6.45, 7) is 0.476. The summed E-state index contributed by atoms with van der Waals surface area (Å²) in [7, 11) is 0. The SMILES string of the molecule is O=C(O)c1nc(CNc2cccc(Cl)c2)cs1. The van der Waals surface area contributed by atoms with Gasteiger partial charge in [0.25, 0.3) is 0 Å². The number of nitrogens with zero attached hydrogens (tertiary/aromatic N) is 1. The first-order chi connectivity index (χ1) is 8.15. The van der Waals surface area contributed by atoms with Crippen molar-refractivity contribution in [3.63, 3.8) is 0 Å². The summed E-state index contributed by atoms with van der Waals surface area (Å²) in [6.07, 6.45) is 0. The molecule has 0 aliphatic rings. The molecule has 0 bridgehead atoms. The normalized spacial score (nSPS) is 10.2. The van der Waals surface area contributed by atoms with Gasteiger partial charge in [0.2, 0.25) is 5.01 Å². The highest BCUT2D eigenvalue weighted by atomic mass is 35.5. The molecule has 2 aromatic rings. The topological polar surface area (TPSA) is 62.2 Å². The molecule has 1 aromatic carbocycles. The highest BCUT2D eigenvalue weighted by Gasteiger charge is 2.08. The lowest BCUT2D eigenvalue weighted by Crippen LogP contribution is -2.01. The van der Waals surface area contributed by atoms with Crippen molar-refractivity contribution >= 4 is 34.6 Å². The Labute approximate surface area is 107 Å². The predicted octanol–water partition coefficient (Wildman–Crippen LogP) is 3.11. The zero-order chi connectivity index (χ0) is 12.3. The van der Waals surface area contributed by atoms with Crippen LogP contribution in [-0.4, -0.2) is 16.1 Å². The van der Waals surface area contributed by atoms with Gasteiger partial charge in [-0.15, -0.1) is 11.3 Å². The number of nitrogens with one attached hydrogen (secondary N) is 1. The minimum atomic E-state index is -0.996. The average Bonchev–Trinajstić information content (AvgIpc) is 2.75. The van der Waals surface area contributed by atoms with Crippen LogP contribution in [0, 0.1) is 0 Å². The van der Waals surface area contributed by atoms with E-state index < -0.39 is 5.97 Å². The van der Waals surface area contributed by atoms with Crippen LogP contribution in [0.3, 0.4) is 0 Å². The molecule has 0 atom stereocenters. The molecule has 0 saturated carbocycles. The van der Waals surface area contributed by atoms with Crippen LogP contribution in [0.15, 0.2) is 29.6 Å². The number of carboxylic acids is 1. The standard InChI is InChI=1S/C11H9ClN2O2S/c12-7-2-1-3-8(4-7)13-5-9-6-17-10(14-9)11(15)16/h1-4,6,13H,5H2,(H,15,16). The van der Waals surface area contributed by atoms with Gasteiger partial charge in [-0.25, -0.2) is 9.78 Å². The minimum Gasteiger partial charge on any atom is -0.476 e. The van der Waals surface area contributed by atoms with Gasteiger partial charge in [-0.3, -0.25) is 0 Å². The highest BCUT2D eigenvalue weighted by molar-refractivity contribution is 7.11. The maximum atomic E-state index is 10.6. The van der Waals surface area contributed by atoms with Gasteiger partial charge in [0, 0.05) is 16.1 Å². The number of benzene rings is 1. The number of aromatic nitrogens is 1. The molecule has 0 unspecified atom stereocenters. The number of hydrogen-bond donors (Lipinski definition) is 2. The molecule has 2 rings (SSSR count). The van der Waals surface area contributed by atoms with Gasteiger partial charge in [-0.2, -0.15) is 0 Å². The van der Waals surface area contributed by atoms with E-state index in [0.717, 1.165) is 17.0 Å². The van der Waals surface area contributed by atoms with E-state index in [1.54, 1.807) is 17.5 Å². The fraction of sp³-hybridized carbons (Fsp3) is 0.0909. The van der Waals surface area contributed by atoms with Crippen molar-refractivity contribution in [2.75, 3.05) is 5.32 Å². The molecule has 1 aromatic heterocycles. The van der Waals surface area contributed by atoms with Crippen molar-refractivity contribution in [2.24, 2.45) is 0 Å². The molecule has 17 heavy (non-hydrogen) atoms. The first-order valence-corrected chi connectivity index (χ1v) is 6.08. The molecule has 0 amide bonds. The van der Waals surface area contributed by atoms with Crippen LogP contribution in [0.2, 0.25) is 5.02 Å². The maximum Gasteiger partial charge on any atom is 0.365 e. The van der Waals surface area contributed by atoms with Crippen LogP contribution in [0.1, 0.15) is 15.5 Å². The van der Waals surface area contributed by atoms with Crippen LogP contribution in [0.5, 0.6) is 0 Å². The first-order valence-electron chi connectivity index (χ1n) is 4.82. The van der Waals surface area contributed by atoms with Crippen molar-refractivity contribution in [1.82, 2.24) is 4.98 Å². The Balaban J connectivity index is 2.00. The Bertz CT molecular complexity index is 542. The second-order valence-electron chi connectivity index (χ2n) is 3.31. The Hall–Kier alpha value is -1.59. The molecular weight excluding hydrogens is 260 g/mol. The van der Waals surface area contributed by atoms with E-state index in [1.165, 1.54) is 0 Å². The Morgan fingerprint density at radius 3 is 3.00 bits per heavy atom. The zero-order valence-corrected chi connectivity index (χ0v) is 10.3. The molecular formula is C11H9ClN2O2S. The zero-order valence-electron chi connectivity index (χ0n) is 8.68. The van der Waals surface area contributed by atoms with Gasteiger partial charge in [0.1, 0.15) is 0 Å². The van der Waals surface area contributed by atoms with E-state index >= 15 is 0 Å². The van der Waals surface area contributed by atoms with E-state index in [4.69, 9.17) is 16.7 Å². The summed E-state index contributed by atoms with van der Waals surface area (Å²) in [5, 5.41) is 14.3. The minimum absolute atomic E-state index is 0.105. The lowest BCUT2D eigenvalue weighted by atomic mass is 10.3. The second kappa shape index (κ2) is 5.16. The molecule has 0 aliphatic heterocycles. The number of hydrogen-bond acceptors (Lipinski definition) is 4. The molecule has 4 nitrogen and oxygen atoms in total. The molecule has 0 saturated heterocycles. The van der Waals surface area contributed by atoms with Gasteiger partial charge in [0.15, 0.2) is 0 Å². The fourth-order valence-electron chi connectivity index (χ4n) is 1.28. The molecule has 2 N–H and O–H groups in total. The van der Waals surface area contributed by atoms with Crippen molar-refractivity contribution in [2.45, 2.75) is 6.54 Å².